The Morgan fingerprint density at radius 3 is 1.82 bits per heavy atom. The number of carboxylic acid groups (broad SMARTS) is 4. The van der Waals surface area contributed by atoms with Crippen LogP contribution in [0.25, 0.3) is 20.3 Å². The van der Waals surface area contributed by atoms with Gasteiger partial charge in [0.1, 0.15) is 16.9 Å². The van der Waals surface area contributed by atoms with Crippen LogP contribution in [0, 0.1) is 49.4 Å². The molecule has 0 saturated carbocycles. The maximum atomic E-state index is 13.1. The van der Waals surface area contributed by atoms with Crippen LogP contribution in [0.15, 0.2) is 41.2 Å². The van der Waals surface area contributed by atoms with Crippen molar-refractivity contribution >= 4 is 55.5 Å². The van der Waals surface area contributed by atoms with Gasteiger partial charge in [0.2, 0.25) is 0 Å². The van der Waals surface area contributed by atoms with Crippen molar-refractivity contribution in [2.75, 3.05) is 52.4 Å². The van der Waals surface area contributed by atoms with Crippen molar-refractivity contribution in [3.05, 3.63) is 52.3 Å². The third-order valence-electron chi connectivity index (χ3n) is 8.16. The van der Waals surface area contributed by atoms with Gasteiger partial charge in [-0.15, -0.1) is 11.3 Å². The number of hydrogen-bond donors (Lipinski definition) is 5. The summed E-state index contributed by atoms with van der Waals surface area (Å²) in [6.45, 7) is 3.06. The van der Waals surface area contributed by atoms with E-state index in [4.69, 9.17) is 4.98 Å². The van der Waals surface area contributed by atoms with Crippen LogP contribution in [-0.2, 0) is 25.7 Å². The van der Waals surface area contributed by atoms with E-state index in [0.717, 1.165) is 4.70 Å². The summed E-state index contributed by atoms with van der Waals surface area (Å²) < 4.78 is 0.818. The predicted octanol–water partition coefficient (Wildman–Crippen LogP) is -2.37. The van der Waals surface area contributed by atoms with E-state index < -0.39 is 36.0 Å². The minimum atomic E-state index is -1.10. The number of rotatable bonds is 12. The van der Waals surface area contributed by atoms with Crippen molar-refractivity contribution in [2.24, 2.45) is 0 Å². The minimum absolute atomic E-state index is 0. The summed E-state index contributed by atoms with van der Waals surface area (Å²) in [7, 11) is 0. The van der Waals surface area contributed by atoms with Crippen LogP contribution >= 0.6 is 11.3 Å². The second kappa shape index (κ2) is 22.5. The van der Waals surface area contributed by atoms with Crippen LogP contribution < -0.4 is 40.3 Å². The first kappa shape index (κ1) is 45.5. The second-order valence-electron chi connectivity index (χ2n) is 11.3. The maximum absolute atomic E-state index is 13.1. The maximum Gasteiger partial charge on any atom is 1.00 e. The zero-order chi connectivity index (χ0) is 33.2. The zero-order valence-corrected chi connectivity index (χ0v) is 32.5. The van der Waals surface area contributed by atoms with Crippen molar-refractivity contribution in [3.63, 3.8) is 0 Å². The van der Waals surface area contributed by atoms with Crippen molar-refractivity contribution in [1.82, 2.24) is 25.0 Å². The summed E-state index contributed by atoms with van der Waals surface area (Å²) >= 11 is 1.41. The monoisotopic (exact) mass is 851 g/mol. The molecule has 15 nitrogen and oxygen atoms in total. The minimum Gasteiger partial charge on any atom is -0.481 e. The summed E-state index contributed by atoms with van der Waals surface area (Å²) in [5.41, 5.74) is 0.573. The molecule has 2 atom stereocenters. The molecule has 3 heterocycles. The van der Waals surface area contributed by atoms with Crippen molar-refractivity contribution in [1.29, 1.82) is 0 Å². The van der Waals surface area contributed by atoms with Gasteiger partial charge >= 0.3 is 53.4 Å². The number of benzene rings is 1. The van der Waals surface area contributed by atoms with Gasteiger partial charge in [0, 0.05) is 131 Å². The Hall–Kier alpha value is -1.48. The van der Waals surface area contributed by atoms with Gasteiger partial charge in [-0.1, -0.05) is 12.1 Å². The fourth-order valence-corrected chi connectivity index (χ4v) is 6.77. The van der Waals surface area contributed by atoms with E-state index in [0.29, 0.717) is 80.2 Å². The van der Waals surface area contributed by atoms with E-state index in [-0.39, 0.29) is 116 Å². The molecule has 1 saturated heterocycles. The molecule has 18 heteroatoms. The first-order valence-electron chi connectivity index (χ1n) is 15.2. The second-order valence-corrected chi connectivity index (χ2v) is 12.3. The molecule has 1 radical (unpaired) electrons. The molecule has 1 aromatic carbocycles. The fourth-order valence-electron chi connectivity index (χ4n) is 5.71. The summed E-state index contributed by atoms with van der Waals surface area (Å²) in [5, 5.41) is 42.6. The molecule has 4 rings (SSSR count). The van der Waals surface area contributed by atoms with Crippen LogP contribution in [0.3, 0.4) is 0 Å². The third kappa shape index (κ3) is 13.5. The number of carbonyl (C=O) groups is 4. The molecule has 3 aromatic rings. The third-order valence-corrected chi connectivity index (χ3v) is 9.24. The van der Waals surface area contributed by atoms with E-state index in [1.807, 2.05) is 23.1 Å². The van der Waals surface area contributed by atoms with Crippen LogP contribution in [0.2, 0.25) is 0 Å². The molecule has 7 N–H and O–H groups in total. The van der Waals surface area contributed by atoms with Crippen LogP contribution in [0.1, 0.15) is 31.4 Å². The van der Waals surface area contributed by atoms with Gasteiger partial charge in [-0.3, -0.25) is 38.7 Å². The van der Waals surface area contributed by atoms with Gasteiger partial charge < -0.3 is 31.2 Å². The molecule has 1 fully saturated rings. The number of nitrogens with zero attached hydrogens (tertiary/aromatic N) is 4. The SMILES string of the molecule is O.O=C(O)CCC(C(=O)O)N1CCNCCN(C(CCC(=O)O)C(=O)O)CCN(Cc2ccc3c(=O)c4ccccc4sc3n2)CC1.[Eu].[Na+]. The van der Waals surface area contributed by atoms with E-state index in [2.05, 4.69) is 5.32 Å². The molecular formula is C31H41EuN5NaO10S+. The van der Waals surface area contributed by atoms with Crippen LogP contribution in [0.4, 0.5) is 0 Å². The topological polar surface area (TPSA) is 232 Å². The van der Waals surface area contributed by atoms with Crippen molar-refractivity contribution < 1.29 is 124 Å². The average Bonchev–Trinajstić information content (AvgIpc) is 2.99. The van der Waals surface area contributed by atoms with Crippen molar-refractivity contribution in [3.8, 4) is 0 Å². The predicted molar refractivity (Wildman–Crippen MR) is 175 cm³/mol. The fraction of sp³-hybridized carbons (Fsp3) is 0.484. The molecule has 1 aliphatic rings. The number of nitrogens with one attached hydrogen (secondary N) is 1. The average molecular weight is 851 g/mol. The number of fused-ring (bicyclic) bond motifs is 2. The molecule has 263 valence electrons. The quantitative estimate of drug-likeness (QED) is 0.0949. The summed E-state index contributed by atoms with van der Waals surface area (Å²) in [4.78, 5) is 70.8. The van der Waals surface area contributed by atoms with Gasteiger partial charge in [-0.2, -0.15) is 0 Å². The Morgan fingerprint density at radius 1 is 0.776 bits per heavy atom. The number of carboxylic acids is 4. The molecule has 2 unspecified atom stereocenters. The van der Waals surface area contributed by atoms with E-state index in [9.17, 15) is 44.4 Å². The number of aromatic nitrogens is 1. The largest absolute Gasteiger partial charge is 1.00 e. The van der Waals surface area contributed by atoms with E-state index in [1.165, 1.54) is 11.3 Å². The standard InChI is InChI=1S/C31H39N5O9S.Eu.Na.H2O/c37-26(38)9-7-23(30(42)43)35-13-11-32-12-14-36(24(31(44)45)8-10-27(39)40)18-16-34(15-17-35)19-20-5-6-22-28(41)21-3-1-2-4-25(21)46-29(22)33-20;;;/h1-6,23-24,32H,7-19H2,(H,37,38)(H,39,40)(H,42,43)(H,44,45);;;1H2/q;;+1;. The van der Waals surface area contributed by atoms with E-state index >= 15 is 0 Å². The Balaban J connectivity index is 0.00000400. The first-order valence-corrected chi connectivity index (χ1v) is 16.0. The zero-order valence-electron chi connectivity index (χ0n) is 27.2. The van der Waals surface area contributed by atoms with Crippen LogP contribution in [0.5, 0.6) is 0 Å². The molecular weight excluding hydrogens is 809 g/mol. The van der Waals surface area contributed by atoms with Crippen molar-refractivity contribution in [2.45, 2.75) is 44.3 Å². The number of hydrogen-bond acceptors (Lipinski definition) is 11. The Labute approximate surface area is 349 Å². The number of aliphatic carboxylic acids is 4. The Kier molecular flexibility index (Phi) is 20.9. The van der Waals surface area contributed by atoms with Gasteiger partial charge in [-0.05, 0) is 37.1 Å². The molecule has 49 heavy (non-hydrogen) atoms. The normalized spacial score (nSPS) is 16.5. The van der Waals surface area contributed by atoms with Crippen LogP contribution in [-0.4, -0.2) is 134 Å². The van der Waals surface area contributed by atoms with Gasteiger partial charge in [-0.25, -0.2) is 4.98 Å². The summed E-state index contributed by atoms with van der Waals surface area (Å²) in [6.07, 6.45) is -0.682. The van der Waals surface area contributed by atoms with Gasteiger partial charge in [0.25, 0.3) is 0 Å². The molecule has 0 amide bonds. The Morgan fingerprint density at radius 2 is 1.31 bits per heavy atom. The molecule has 0 bridgehead atoms. The summed E-state index contributed by atoms with van der Waals surface area (Å²) in [5.74, 6) is -4.36. The Bertz CT molecular complexity index is 1580. The smallest absolute Gasteiger partial charge is 0.481 e. The summed E-state index contributed by atoms with van der Waals surface area (Å²) in [6, 6.07) is 8.86. The molecule has 2 aromatic heterocycles. The first-order chi connectivity index (χ1) is 22.0. The molecule has 1 aliphatic heterocycles. The number of pyridine rings is 1. The van der Waals surface area contributed by atoms with Gasteiger partial charge in [0.05, 0.1) is 11.1 Å². The van der Waals surface area contributed by atoms with E-state index in [1.54, 1.807) is 28.0 Å². The molecule has 0 spiro atoms. The molecule has 0 aliphatic carbocycles. The van der Waals surface area contributed by atoms with Gasteiger partial charge in [0.15, 0.2) is 5.43 Å².